The molecule has 1 fully saturated rings. The molecule has 0 spiro atoms. The Balaban J connectivity index is 1.43. The topological polar surface area (TPSA) is 94.2 Å². The van der Waals surface area contributed by atoms with Crippen LogP contribution in [-0.4, -0.2) is 48.8 Å². The molecule has 3 amide bonds. The van der Waals surface area contributed by atoms with Gasteiger partial charge in [0.1, 0.15) is 25.5 Å². The lowest BCUT2D eigenvalue weighted by molar-refractivity contribution is -0.127. The van der Waals surface area contributed by atoms with Crippen molar-refractivity contribution in [1.29, 1.82) is 0 Å². The van der Waals surface area contributed by atoms with Crippen LogP contribution in [0.15, 0.2) is 41.3 Å². The summed E-state index contributed by atoms with van der Waals surface area (Å²) in [5.41, 5.74) is 1.25. The van der Waals surface area contributed by atoms with E-state index < -0.39 is 17.1 Å². The third-order valence-electron chi connectivity index (χ3n) is 4.47. The van der Waals surface area contributed by atoms with Gasteiger partial charge in [-0.25, -0.2) is 0 Å². The van der Waals surface area contributed by atoms with Gasteiger partial charge in [0, 0.05) is 11.8 Å². The number of anilines is 1. The van der Waals surface area contributed by atoms with Gasteiger partial charge in [0.15, 0.2) is 11.5 Å². The predicted octanol–water partition coefficient (Wildman–Crippen LogP) is 3.75. The van der Waals surface area contributed by atoms with Crippen LogP contribution in [0.3, 0.4) is 0 Å². The molecule has 1 N–H and O–H groups in total. The van der Waals surface area contributed by atoms with Crippen molar-refractivity contribution < 1.29 is 28.6 Å². The molecule has 31 heavy (non-hydrogen) atoms. The number of nitrogens with zero attached hydrogens (tertiary/aromatic N) is 1. The summed E-state index contributed by atoms with van der Waals surface area (Å²) in [6.45, 7) is 0.526. The summed E-state index contributed by atoms with van der Waals surface area (Å²) in [5, 5.41) is 2.19. The molecule has 0 unspecified atom stereocenters. The number of ether oxygens (including phenoxy) is 3. The molecule has 160 valence electrons. The van der Waals surface area contributed by atoms with Crippen LogP contribution in [0.25, 0.3) is 6.08 Å². The van der Waals surface area contributed by atoms with Gasteiger partial charge in [-0.2, -0.15) is 0 Å². The van der Waals surface area contributed by atoms with Crippen LogP contribution in [0.5, 0.6) is 17.2 Å². The number of methoxy groups -OCH3 is 1. The first-order valence-corrected chi connectivity index (χ1v) is 11.1. The third-order valence-corrected chi connectivity index (χ3v) is 6.23. The molecule has 0 aliphatic carbocycles. The van der Waals surface area contributed by atoms with Crippen LogP contribution in [0.2, 0.25) is 0 Å². The monoisotopic (exact) mass is 552 g/mol. The van der Waals surface area contributed by atoms with E-state index in [1.807, 2.05) is 6.07 Å². The molecule has 0 radical (unpaired) electrons. The van der Waals surface area contributed by atoms with Crippen molar-refractivity contribution in [2.75, 3.05) is 32.2 Å². The molecule has 0 saturated carbocycles. The van der Waals surface area contributed by atoms with E-state index in [-0.39, 0.29) is 11.4 Å². The van der Waals surface area contributed by atoms with Crippen molar-refractivity contribution in [3.8, 4) is 17.2 Å². The fourth-order valence-corrected chi connectivity index (χ4v) is 4.62. The van der Waals surface area contributed by atoms with Gasteiger partial charge in [-0.15, -0.1) is 0 Å². The molecule has 0 atom stereocenters. The van der Waals surface area contributed by atoms with Gasteiger partial charge in [0.05, 0.1) is 15.6 Å². The van der Waals surface area contributed by atoms with Gasteiger partial charge in [0.2, 0.25) is 5.91 Å². The minimum atomic E-state index is -0.502. The van der Waals surface area contributed by atoms with Gasteiger partial charge >= 0.3 is 0 Å². The average Bonchev–Trinajstić information content (AvgIpc) is 3.01. The van der Waals surface area contributed by atoms with E-state index in [0.717, 1.165) is 31.5 Å². The maximum atomic E-state index is 12.7. The Morgan fingerprint density at radius 3 is 2.71 bits per heavy atom. The molecule has 4 rings (SSSR count). The lowest BCUT2D eigenvalue weighted by Crippen LogP contribution is -2.36. The largest absolute Gasteiger partial charge is 0.496 e. The second-order valence-electron chi connectivity index (χ2n) is 6.57. The van der Waals surface area contributed by atoms with Crippen molar-refractivity contribution >= 4 is 63.2 Å². The van der Waals surface area contributed by atoms with Gasteiger partial charge in [-0.05, 0) is 70.3 Å². The van der Waals surface area contributed by atoms with E-state index in [2.05, 4.69) is 27.9 Å². The first-order chi connectivity index (χ1) is 14.9. The molecule has 2 aliphatic heterocycles. The molecule has 2 aromatic rings. The molecular weight excluding hydrogens is 535 g/mol. The normalized spacial score (nSPS) is 16.6. The van der Waals surface area contributed by atoms with Gasteiger partial charge in [-0.3, -0.25) is 19.3 Å². The highest BCUT2D eigenvalue weighted by Crippen LogP contribution is 2.34. The van der Waals surface area contributed by atoms with Gasteiger partial charge in [0.25, 0.3) is 11.1 Å². The number of halogens is 1. The Bertz CT molecular complexity index is 1100. The van der Waals surface area contributed by atoms with Crippen LogP contribution in [-0.2, 0) is 9.59 Å². The van der Waals surface area contributed by atoms with Crippen LogP contribution >= 0.6 is 34.4 Å². The fraction of sp³-hybridized carbons (Fsp3) is 0.190. The average molecular weight is 552 g/mol. The number of thioether (sulfide) groups is 1. The SMILES string of the molecule is COc1ccc(/C=C2\SC(=O)N(CC(=O)Nc3ccc4c(c3)OCCO4)C2=O)cc1I. The smallest absolute Gasteiger partial charge is 0.294 e. The van der Waals surface area contributed by atoms with E-state index in [9.17, 15) is 14.4 Å². The zero-order valence-corrected chi connectivity index (χ0v) is 19.3. The number of carbonyl (C=O) groups excluding carboxylic acids is 3. The van der Waals surface area contributed by atoms with E-state index in [1.165, 1.54) is 0 Å². The van der Waals surface area contributed by atoms with Crippen molar-refractivity contribution in [1.82, 2.24) is 4.90 Å². The van der Waals surface area contributed by atoms with E-state index >= 15 is 0 Å². The second kappa shape index (κ2) is 9.18. The number of fused-ring (bicyclic) bond motifs is 1. The Kier molecular flexibility index (Phi) is 6.37. The Labute approximate surface area is 196 Å². The van der Waals surface area contributed by atoms with Crippen LogP contribution < -0.4 is 19.5 Å². The summed E-state index contributed by atoms with van der Waals surface area (Å²) in [6.07, 6.45) is 1.63. The van der Waals surface area contributed by atoms with Crippen LogP contribution in [0, 0.1) is 3.57 Å². The molecular formula is C21H17IN2O6S. The molecule has 2 aromatic carbocycles. The highest BCUT2D eigenvalue weighted by Gasteiger charge is 2.36. The van der Waals surface area contributed by atoms with Crippen molar-refractivity contribution in [2.24, 2.45) is 0 Å². The van der Waals surface area contributed by atoms with Gasteiger partial charge < -0.3 is 19.5 Å². The molecule has 2 heterocycles. The standard InChI is InChI=1S/C21H17IN2O6S/c1-28-15-4-2-12(8-14(15)22)9-18-20(26)24(21(27)31-18)11-19(25)23-13-3-5-16-17(10-13)30-7-6-29-16/h2-5,8-10H,6-7,11H2,1H3,(H,23,25)/b18-9-. The maximum Gasteiger partial charge on any atom is 0.294 e. The third kappa shape index (κ3) is 4.79. The summed E-state index contributed by atoms with van der Waals surface area (Å²) >= 11 is 2.94. The van der Waals surface area contributed by atoms with Crippen molar-refractivity contribution in [3.63, 3.8) is 0 Å². The number of imide groups is 1. The first-order valence-electron chi connectivity index (χ1n) is 9.23. The van der Waals surface area contributed by atoms with Crippen LogP contribution in [0.4, 0.5) is 10.5 Å². The summed E-state index contributed by atoms with van der Waals surface area (Å²) in [7, 11) is 1.58. The first kappa shape index (κ1) is 21.5. The minimum Gasteiger partial charge on any atom is -0.496 e. The summed E-state index contributed by atoms with van der Waals surface area (Å²) < 4.78 is 17.0. The Morgan fingerprint density at radius 2 is 1.97 bits per heavy atom. The fourth-order valence-electron chi connectivity index (χ4n) is 3.03. The molecule has 2 aliphatic rings. The zero-order valence-electron chi connectivity index (χ0n) is 16.3. The summed E-state index contributed by atoms with van der Waals surface area (Å²) in [5.74, 6) is 0.875. The number of benzene rings is 2. The lowest BCUT2D eigenvalue weighted by Gasteiger charge is -2.19. The molecule has 8 nitrogen and oxygen atoms in total. The Hall–Kier alpha value is -2.73. The number of hydrogen-bond donors (Lipinski definition) is 1. The highest BCUT2D eigenvalue weighted by molar-refractivity contribution is 14.1. The van der Waals surface area contributed by atoms with E-state index in [0.29, 0.717) is 30.4 Å². The minimum absolute atomic E-state index is 0.262. The van der Waals surface area contributed by atoms with Crippen molar-refractivity contribution in [3.05, 3.63) is 50.4 Å². The number of hydrogen-bond acceptors (Lipinski definition) is 7. The summed E-state index contributed by atoms with van der Waals surface area (Å²) in [4.78, 5) is 38.6. The quantitative estimate of drug-likeness (QED) is 0.446. The predicted molar refractivity (Wildman–Crippen MR) is 124 cm³/mol. The Morgan fingerprint density at radius 1 is 1.19 bits per heavy atom. The maximum absolute atomic E-state index is 12.7. The molecule has 0 bridgehead atoms. The summed E-state index contributed by atoms with van der Waals surface area (Å²) in [6, 6.07) is 10.4. The van der Waals surface area contributed by atoms with Gasteiger partial charge in [-0.1, -0.05) is 6.07 Å². The van der Waals surface area contributed by atoms with Crippen molar-refractivity contribution in [2.45, 2.75) is 0 Å². The highest BCUT2D eigenvalue weighted by atomic mass is 127. The molecule has 0 aromatic heterocycles. The lowest BCUT2D eigenvalue weighted by atomic mass is 10.2. The zero-order chi connectivity index (χ0) is 22.0. The molecule has 10 heteroatoms. The van der Waals surface area contributed by atoms with E-state index in [1.54, 1.807) is 43.5 Å². The number of carbonyl (C=O) groups is 3. The van der Waals surface area contributed by atoms with Crippen LogP contribution in [0.1, 0.15) is 5.56 Å². The number of rotatable bonds is 5. The van der Waals surface area contributed by atoms with E-state index in [4.69, 9.17) is 14.2 Å². The molecule has 1 saturated heterocycles. The second-order valence-corrected chi connectivity index (χ2v) is 8.72. The number of nitrogens with one attached hydrogen (secondary N) is 1. The number of amides is 3.